The van der Waals surface area contributed by atoms with Crippen molar-refractivity contribution in [2.24, 2.45) is 0 Å². The van der Waals surface area contributed by atoms with Gasteiger partial charge in [0.2, 0.25) is 5.76 Å². The molecule has 0 radical (unpaired) electrons. The van der Waals surface area contributed by atoms with E-state index in [0.717, 1.165) is 10.1 Å². The summed E-state index contributed by atoms with van der Waals surface area (Å²) in [4.78, 5) is 10.9. The molecule has 0 aliphatic rings. The molecular weight excluding hydrogens is 510 g/mol. The SMILES string of the molecule is C=C(Oc1ccc(OCC(C)N(CCC)S(=O)(=O)c2sc3ccc(Cl)cc3c2C)cc1C)C(=O)O. The van der Waals surface area contributed by atoms with Crippen LogP contribution in [0, 0.1) is 13.8 Å². The number of rotatable bonds is 11. The molecular formula is C25H28ClNO6S2. The van der Waals surface area contributed by atoms with Gasteiger partial charge in [0.15, 0.2) is 0 Å². The van der Waals surface area contributed by atoms with Crippen LogP contribution in [0.15, 0.2) is 52.9 Å². The van der Waals surface area contributed by atoms with Crippen LogP contribution < -0.4 is 9.47 Å². The molecule has 0 saturated heterocycles. The number of fused-ring (bicyclic) bond motifs is 1. The minimum atomic E-state index is -3.77. The Balaban J connectivity index is 1.79. The van der Waals surface area contributed by atoms with Gasteiger partial charge in [-0.05, 0) is 86.7 Å². The van der Waals surface area contributed by atoms with Crippen LogP contribution in [0.25, 0.3) is 10.1 Å². The number of thiophene rings is 1. The summed E-state index contributed by atoms with van der Waals surface area (Å²) in [6, 6.07) is 9.89. The second-order valence-electron chi connectivity index (χ2n) is 8.19. The van der Waals surface area contributed by atoms with Crippen LogP contribution in [0.3, 0.4) is 0 Å². The average Bonchev–Trinajstić information content (AvgIpc) is 3.13. The van der Waals surface area contributed by atoms with Crippen molar-refractivity contribution in [1.82, 2.24) is 4.31 Å². The highest BCUT2D eigenvalue weighted by molar-refractivity contribution is 7.91. The summed E-state index contributed by atoms with van der Waals surface area (Å²) in [6.07, 6.45) is 0.651. The van der Waals surface area contributed by atoms with Crippen molar-refractivity contribution in [2.75, 3.05) is 13.2 Å². The zero-order valence-corrected chi connectivity index (χ0v) is 22.4. The van der Waals surface area contributed by atoms with Gasteiger partial charge in [-0.15, -0.1) is 11.3 Å². The molecule has 1 heterocycles. The lowest BCUT2D eigenvalue weighted by atomic mass is 10.2. The van der Waals surface area contributed by atoms with Crippen LogP contribution >= 0.6 is 22.9 Å². The first-order valence-electron chi connectivity index (χ1n) is 11.0. The van der Waals surface area contributed by atoms with Gasteiger partial charge in [-0.2, -0.15) is 4.31 Å². The van der Waals surface area contributed by atoms with E-state index in [4.69, 9.17) is 26.2 Å². The summed E-state index contributed by atoms with van der Waals surface area (Å²) in [6.45, 7) is 11.2. The topological polar surface area (TPSA) is 93.1 Å². The largest absolute Gasteiger partial charge is 0.492 e. The number of halogens is 1. The van der Waals surface area contributed by atoms with Gasteiger partial charge in [0.1, 0.15) is 22.3 Å². The molecule has 0 aliphatic heterocycles. The van der Waals surface area contributed by atoms with E-state index >= 15 is 0 Å². The summed E-state index contributed by atoms with van der Waals surface area (Å²) in [5, 5.41) is 10.3. The Morgan fingerprint density at radius 3 is 2.57 bits per heavy atom. The van der Waals surface area contributed by atoms with Gasteiger partial charge in [0.05, 0.1) is 6.04 Å². The Bertz CT molecular complexity index is 1370. The van der Waals surface area contributed by atoms with Crippen LogP contribution in [0.5, 0.6) is 11.5 Å². The molecule has 7 nitrogen and oxygen atoms in total. The quantitative estimate of drug-likeness (QED) is 0.237. The maximum Gasteiger partial charge on any atom is 0.371 e. The number of benzene rings is 2. The van der Waals surface area contributed by atoms with Gasteiger partial charge in [0, 0.05) is 16.3 Å². The van der Waals surface area contributed by atoms with E-state index in [2.05, 4.69) is 6.58 Å². The van der Waals surface area contributed by atoms with Crippen LogP contribution in [0.1, 0.15) is 31.4 Å². The lowest BCUT2D eigenvalue weighted by Crippen LogP contribution is -2.42. The maximum atomic E-state index is 13.7. The minimum Gasteiger partial charge on any atom is -0.492 e. The number of ether oxygens (including phenoxy) is 2. The monoisotopic (exact) mass is 537 g/mol. The first-order valence-corrected chi connectivity index (χ1v) is 13.6. The normalized spacial score (nSPS) is 12.6. The molecule has 188 valence electrons. The third-order valence-corrected chi connectivity index (χ3v) is 9.56. The number of aliphatic carboxylic acids is 1. The Morgan fingerprint density at radius 1 is 1.23 bits per heavy atom. The molecule has 1 aromatic heterocycles. The summed E-state index contributed by atoms with van der Waals surface area (Å²) in [5.74, 6) is -0.750. The lowest BCUT2D eigenvalue weighted by Gasteiger charge is -2.28. The number of nitrogens with zero attached hydrogens (tertiary/aromatic N) is 1. The Labute approximate surface area is 214 Å². The molecule has 35 heavy (non-hydrogen) atoms. The highest BCUT2D eigenvalue weighted by Crippen LogP contribution is 2.37. The Hall–Kier alpha value is -2.59. The van der Waals surface area contributed by atoms with Crippen molar-refractivity contribution in [3.8, 4) is 11.5 Å². The third kappa shape index (κ3) is 5.98. The fraction of sp³-hybridized carbons (Fsp3) is 0.320. The van der Waals surface area contributed by atoms with Gasteiger partial charge in [-0.3, -0.25) is 0 Å². The first-order chi connectivity index (χ1) is 16.4. The van der Waals surface area contributed by atoms with Crippen molar-refractivity contribution in [3.05, 3.63) is 64.9 Å². The van der Waals surface area contributed by atoms with Crippen molar-refractivity contribution in [2.45, 2.75) is 44.4 Å². The molecule has 1 N–H and O–H groups in total. The van der Waals surface area contributed by atoms with E-state index in [1.807, 2.05) is 19.9 Å². The maximum absolute atomic E-state index is 13.7. The molecule has 0 aliphatic carbocycles. The number of carboxylic acids is 1. The molecule has 2 aromatic carbocycles. The van der Waals surface area contributed by atoms with E-state index in [0.29, 0.717) is 44.8 Å². The van der Waals surface area contributed by atoms with E-state index in [1.165, 1.54) is 15.6 Å². The van der Waals surface area contributed by atoms with Crippen LogP contribution in [0.2, 0.25) is 5.02 Å². The fourth-order valence-electron chi connectivity index (χ4n) is 3.62. The second kappa shape index (κ2) is 11.0. The number of carbonyl (C=O) groups is 1. The number of carboxylic acid groups (broad SMARTS) is 1. The van der Waals surface area contributed by atoms with Gasteiger partial charge >= 0.3 is 5.97 Å². The third-order valence-electron chi connectivity index (χ3n) is 5.44. The van der Waals surface area contributed by atoms with E-state index < -0.39 is 22.0 Å². The molecule has 0 bridgehead atoms. The van der Waals surface area contributed by atoms with E-state index in [9.17, 15) is 13.2 Å². The fourth-order valence-corrected chi connectivity index (χ4v) is 7.36. The predicted octanol–water partition coefficient (Wildman–Crippen LogP) is 6.02. The number of sulfonamides is 1. The highest BCUT2D eigenvalue weighted by Gasteiger charge is 2.32. The van der Waals surface area contributed by atoms with Crippen molar-refractivity contribution >= 4 is 49.0 Å². The summed E-state index contributed by atoms with van der Waals surface area (Å²) < 4.78 is 41.2. The smallest absolute Gasteiger partial charge is 0.371 e. The molecule has 1 unspecified atom stereocenters. The average molecular weight is 538 g/mol. The standard InChI is InChI=1S/C25H28ClNO6S2/c1-6-11-27(35(30,31)25-17(4)21-13-19(26)7-10-23(21)34-25)16(3)14-32-20-8-9-22(15(2)12-20)33-18(5)24(28)29/h7-10,12-13,16H,5-6,11,14H2,1-4H3,(H,28,29). The van der Waals surface area contributed by atoms with Crippen molar-refractivity contribution < 1.29 is 27.8 Å². The Kier molecular flexibility index (Phi) is 8.48. The molecule has 3 rings (SSSR count). The van der Waals surface area contributed by atoms with Crippen LogP contribution in [-0.4, -0.2) is 43.0 Å². The molecule has 1 atom stereocenters. The molecule has 0 spiro atoms. The predicted molar refractivity (Wildman–Crippen MR) is 139 cm³/mol. The van der Waals surface area contributed by atoms with E-state index in [-0.39, 0.29) is 12.4 Å². The van der Waals surface area contributed by atoms with Gasteiger partial charge in [-0.25, -0.2) is 13.2 Å². The second-order valence-corrected chi connectivity index (χ2v) is 11.8. The van der Waals surface area contributed by atoms with Crippen LogP contribution in [-0.2, 0) is 14.8 Å². The molecule has 0 fully saturated rings. The summed E-state index contributed by atoms with van der Waals surface area (Å²) >= 11 is 7.37. The number of hydrogen-bond donors (Lipinski definition) is 1. The van der Waals surface area contributed by atoms with Crippen LogP contribution in [0.4, 0.5) is 0 Å². The molecule has 10 heteroatoms. The van der Waals surface area contributed by atoms with Gasteiger partial charge < -0.3 is 14.6 Å². The minimum absolute atomic E-state index is 0.135. The van der Waals surface area contributed by atoms with Crippen molar-refractivity contribution in [3.63, 3.8) is 0 Å². The molecule has 0 saturated carbocycles. The Morgan fingerprint density at radius 2 is 1.94 bits per heavy atom. The number of hydrogen-bond acceptors (Lipinski definition) is 6. The molecule has 3 aromatic rings. The van der Waals surface area contributed by atoms with Crippen molar-refractivity contribution in [1.29, 1.82) is 0 Å². The number of aryl methyl sites for hydroxylation is 2. The summed E-state index contributed by atoms with van der Waals surface area (Å²) in [7, 11) is -3.77. The van der Waals surface area contributed by atoms with Gasteiger partial charge in [0.25, 0.3) is 10.0 Å². The molecule has 0 amide bonds. The zero-order chi connectivity index (χ0) is 25.9. The first kappa shape index (κ1) is 27.0. The summed E-state index contributed by atoms with van der Waals surface area (Å²) in [5.41, 5.74) is 1.35. The van der Waals surface area contributed by atoms with E-state index in [1.54, 1.807) is 44.2 Å². The van der Waals surface area contributed by atoms with Gasteiger partial charge in [-0.1, -0.05) is 18.5 Å². The zero-order valence-electron chi connectivity index (χ0n) is 20.0. The highest BCUT2D eigenvalue weighted by atomic mass is 35.5. The lowest BCUT2D eigenvalue weighted by molar-refractivity contribution is -0.135.